The maximum atomic E-state index is 12.6. The molecule has 1 aromatic rings. The van der Waals surface area contributed by atoms with Gasteiger partial charge in [-0.2, -0.15) is 0 Å². The zero-order chi connectivity index (χ0) is 19.8. The van der Waals surface area contributed by atoms with E-state index in [0.717, 1.165) is 18.7 Å². The summed E-state index contributed by atoms with van der Waals surface area (Å²) < 4.78 is 5.02. The molecule has 0 saturated carbocycles. The van der Waals surface area contributed by atoms with Crippen molar-refractivity contribution in [3.8, 4) is 0 Å². The lowest BCUT2D eigenvalue weighted by molar-refractivity contribution is 0.0856. The number of ether oxygens (including phenoxy) is 1. The Labute approximate surface area is 161 Å². The first kappa shape index (κ1) is 20.9. The van der Waals surface area contributed by atoms with Gasteiger partial charge in [0.2, 0.25) is 5.95 Å². The van der Waals surface area contributed by atoms with E-state index in [4.69, 9.17) is 4.74 Å². The standard InChI is InChI=1S/C19H31N5O3/c1-5-27-19(26)24-10-7-15(8-11-24)22-17(25)16-12-14(4)21-18(23-16)20-9-6-13(2)3/h12-13,15H,5-11H2,1-4H3,(H,22,25)(H,20,21,23). The van der Waals surface area contributed by atoms with E-state index in [1.165, 1.54) is 0 Å². The number of carbonyl (C=O) groups is 2. The van der Waals surface area contributed by atoms with Crippen LogP contribution in [0.15, 0.2) is 6.07 Å². The van der Waals surface area contributed by atoms with Gasteiger partial charge in [0, 0.05) is 31.4 Å². The summed E-state index contributed by atoms with van der Waals surface area (Å²) >= 11 is 0. The Morgan fingerprint density at radius 3 is 2.63 bits per heavy atom. The molecule has 1 aromatic heterocycles. The molecule has 0 spiro atoms. The van der Waals surface area contributed by atoms with Gasteiger partial charge in [0.1, 0.15) is 5.69 Å². The highest BCUT2D eigenvalue weighted by molar-refractivity contribution is 5.92. The fourth-order valence-corrected chi connectivity index (χ4v) is 2.92. The molecule has 2 N–H and O–H groups in total. The van der Waals surface area contributed by atoms with Gasteiger partial charge in [-0.3, -0.25) is 4.79 Å². The fourth-order valence-electron chi connectivity index (χ4n) is 2.92. The Bertz CT molecular complexity index is 642. The highest BCUT2D eigenvalue weighted by atomic mass is 16.6. The van der Waals surface area contributed by atoms with Crippen molar-refractivity contribution in [1.82, 2.24) is 20.2 Å². The average molecular weight is 377 g/mol. The molecule has 0 bridgehead atoms. The third kappa shape index (κ3) is 6.69. The van der Waals surface area contributed by atoms with E-state index in [-0.39, 0.29) is 18.0 Å². The summed E-state index contributed by atoms with van der Waals surface area (Å²) in [6, 6.07) is 1.72. The summed E-state index contributed by atoms with van der Waals surface area (Å²) in [6.45, 7) is 10.3. The molecule has 8 heteroatoms. The van der Waals surface area contributed by atoms with Crippen LogP contribution in [-0.4, -0.2) is 59.2 Å². The van der Waals surface area contributed by atoms with E-state index in [2.05, 4.69) is 34.4 Å². The first-order chi connectivity index (χ1) is 12.9. The highest BCUT2D eigenvalue weighted by Crippen LogP contribution is 2.13. The number of anilines is 1. The van der Waals surface area contributed by atoms with E-state index in [0.29, 0.717) is 50.1 Å². The summed E-state index contributed by atoms with van der Waals surface area (Å²) in [5.41, 5.74) is 1.11. The van der Waals surface area contributed by atoms with Crippen LogP contribution in [-0.2, 0) is 4.74 Å². The number of nitrogens with one attached hydrogen (secondary N) is 2. The van der Waals surface area contributed by atoms with Crippen molar-refractivity contribution in [3.05, 3.63) is 17.5 Å². The van der Waals surface area contributed by atoms with Crippen molar-refractivity contribution in [2.24, 2.45) is 5.92 Å². The lowest BCUT2D eigenvalue weighted by atomic mass is 10.1. The van der Waals surface area contributed by atoms with Gasteiger partial charge in [-0.15, -0.1) is 0 Å². The molecule has 150 valence electrons. The van der Waals surface area contributed by atoms with Gasteiger partial charge < -0.3 is 20.3 Å². The third-order valence-electron chi connectivity index (χ3n) is 4.45. The lowest BCUT2D eigenvalue weighted by Crippen LogP contribution is -2.46. The molecule has 27 heavy (non-hydrogen) atoms. The zero-order valence-corrected chi connectivity index (χ0v) is 16.7. The second-order valence-electron chi connectivity index (χ2n) is 7.26. The molecule has 2 rings (SSSR count). The van der Waals surface area contributed by atoms with E-state index in [1.807, 2.05) is 6.92 Å². The molecule has 8 nitrogen and oxygen atoms in total. The highest BCUT2D eigenvalue weighted by Gasteiger charge is 2.25. The molecule has 0 aliphatic carbocycles. The Morgan fingerprint density at radius 2 is 2.00 bits per heavy atom. The number of aromatic nitrogens is 2. The molecule has 1 saturated heterocycles. The first-order valence-electron chi connectivity index (χ1n) is 9.71. The zero-order valence-electron chi connectivity index (χ0n) is 16.7. The van der Waals surface area contributed by atoms with Crippen LogP contribution in [0.1, 0.15) is 56.2 Å². The summed E-state index contributed by atoms with van der Waals surface area (Å²) in [7, 11) is 0. The number of hydrogen-bond acceptors (Lipinski definition) is 6. The number of hydrogen-bond donors (Lipinski definition) is 2. The normalized spacial score (nSPS) is 14.9. The van der Waals surface area contributed by atoms with Gasteiger partial charge >= 0.3 is 6.09 Å². The molecule has 0 radical (unpaired) electrons. The Kier molecular flexibility index (Phi) is 7.82. The topological polar surface area (TPSA) is 96.5 Å². The van der Waals surface area contributed by atoms with Crippen molar-refractivity contribution < 1.29 is 14.3 Å². The summed E-state index contributed by atoms with van der Waals surface area (Å²) in [5.74, 6) is 0.866. The summed E-state index contributed by atoms with van der Waals surface area (Å²) in [6.07, 6.45) is 2.13. The molecule has 2 heterocycles. The van der Waals surface area contributed by atoms with Crippen molar-refractivity contribution in [3.63, 3.8) is 0 Å². The smallest absolute Gasteiger partial charge is 0.409 e. The van der Waals surface area contributed by atoms with Gasteiger partial charge in [0.15, 0.2) is 0 Å². The largest absolute Gasteiger partial charge is 0.450 e. The molecule has 0 aromatic carbocycles. The van der Waals surface area contributed by atoms with Crippen LogP contribution in [0.5, 0.6) is 0 Å². The third-order valence-corrected chi connectivity index (χ3v) is 4.45. The van der Waals surface area contributed by atoms with Crippen molar-refractivity contribution >= 4 is 17.9 Å². The van der Waals surface area contributed by atoms with Gasteiger partial charge in [0.25, 0.3) is 5.91 Å². The molecule has 0 unspecified atom stereocenters. The monoisotopic (exact) mass is 377 g/mol. The molecule has 2 amide bonds. The Morgan fingerprint density at radius 1 is 1.30 bits per heavy atom. The van der Waals surface area contributed by atoms with Crippen LogP contribution < -0.4 is 10.6 Å². The minimum atomic E-state index is -0.286. The number of amides is 2. The second kappa shape index (κ2) is 10.1. The minimum Gasteiger partial charge on any atom is -0.450 e. The lowest BCUT2D eigenvalue weighted by Gasteiger charge is -2.31. The van der Waals surface area contributed by atoms with Gasteiger partial charge in [-0.05, 0) is 45.1 Å². The van der Waals surface area contributed by atoms with Crippen molar-refractivity contribution in [2.45, 2.75) is 53.0 Å². The average Bonchev–Trinajstić information content (AvgIpc) is 2.61. The molecular weight excluding hydrogens is 346 g/mol. The molecule has 1 fully saturated rings. The summed E-state index contributed by atoms with van der Waals surface area (Å²) in [5, 5.41) is 6.21. The van der Waals surface area contributed by atoms with Crippen LogP contribution in [0.4, 0.5) is 10.7 Å². The number of piperidine rings is 1. The van der Waals surface area contributed by atoms with Crippen LogP contribution in [0.25, 0.3) is 0 Å². The maximum absolute atomic E-state index is 12.6. The van der Waals surface area contributed by atoms with Crippen LogP contribution in [0.2, 0.25) is 0 Å². The predicted molar refractivity (Wildman–Crippen MR) is 104 cm³/mol. The van der Waals surface area contributed by atoms with Gasteiger partial charge in [0.05, 0.1) is 6.61 Å². The molecule has 1 aliphatic rings. The number of carbonyl (C=O) groups excluding carboxylic acids is 2. The Balaban J connectivity index is 1.88. The maximum Gasteiger partial charge on any atom is 0.409 e. The number of nitrogens with zero attached hydrogens (tertiary/aromatic N) is 3. The number of likely N-dealkylation sites (tertiary alicyclic amines) is 1. The second-order valence-corrected chi connectivity index (χ2v) is 7.26. The van der Waals surface area contributed by atoms with Crippen molar-refractivity contribution in [2.75, 3.05) is 31.6 Å². The van der Waals surface area contributed by atoms with Crippen LogP contribution in [0, 0.1) is 12.8 Å². The van der Waals surface area contributed by atoms with Gasteiger partial charge in [-0.25, -0.2) is 14.8 Å². The fraction of sp³-hybridized carbons (Fsp3) is 0.684. The predicted octanol–water partition coefficient (Wildman–Crippen LogP) is 2.59. The van der Waals surface area contributed by atoms with E-state index in [1.54, 1.807) is 17.9 Å². The SMILES string of the molecule is CCOC(=O)N1CCC(NC(=O)c2cc(C)nc(NCCC(C)C)n2)CC1. The molecule has 1 aliphatic heterocycles. The molecule has 0 atom stereocenters. The quantitative estimate of drug-likeness (QED) is 0.758. The number of aryl methyl sites for hydroxylation is 1. The van der Waals surface area contributed by atoms with Crippen LogP contribution in [0.3, 0.4) is 0 Å². The van der Waals surface area contributed by atoms with E-state index >= 15 is 0 Å². The molecular formula is C19H31N5O3. The Hall–Kier alpha value is -2.38. The summed E-state index contributed by atoms with van der Waals surface area (Å²) in [4.78, 5) is 34.7. The van der Waals surface area contributed by atoms with Gasteiger partial charge in [-0.1, -0.05) is 13.8 Å². The number of rotatable bonds is 7. The van der Waals surface area contributed by atoms with E-state index < -0.39 is 0 Å². The van der Waals surface area contributed by atoms with E-state index in [9.17, 15) is 9.59 Å². The van der Waals surface area contributed by atoms with Crippen molar-refractivity contribution in [1.29, 1.82) is 0 Å². The van der Waals surface area contributed by atoms with Crippen LogP contribution >= 0.6 is 0 Å². The minimum absolute atomic E-state index is 0.0239. The first-order valence-corrected chi connectivity index (χ1v) is 9.71.